The zero-order valence-electron chi connectivity index (χ0n) is 6.92. The maximum absolute atomic E-state index is 12.3. The Kier molecular flexibility index (Phi) is 3.26. The van der Waals surface area contributed by atoms with E-state index in [2.05, 4.69) is 4.98 Å². The molecule has 0 unspecified atom stereocenters. The Hall–Kier alpha value is -0.420. The Morgan fingerprint density at radius 2 is 1.93 bits per heavy atom. The first kappa shape index (κ1) is 12.6. The van der Waals surface area contributed by atoms with Crippen LogP contribution in [0, 0.1) is 3.57 Å². The smallest absolute Gasteiger partial charge is 0.242 e. The fourth-order valence-corrected chi connectivity index (χ4v) is 2.95. The van der Waals surface area contributed by atoms with Gasteiger partial charge in [-0.25, -0.2) is 18.5 Å². The molecule has 1 aromatic heterocycles. The van der Waals surface area contributed by atoms with Crippen LogP contribution in [0.3, 0.4) is 0 Å². The van der Waals surface area contributed by atoms with Gasteiger partial charge in [-0.2, -0.15) is 13.2 Å². The Labute approximate surface area is 96.9 Å². The number of hydrogen-bond acceptors (Lipinski definition) is 3. The highest BCUT2D eigenvalue weighted by atomic mass is 127. The predicted octanol–water partition coefficient (Wildman–Crippen LogP) is 1.35. The molecule has 0 radical (unpaired) electrons. The Morgan fingerprint density at radius 3 is 2.33 bits per heavy atom. The monoisotopic (exact) mass is 352 g/mol. The van der Waals surface area contributed by atoms with Crippen molar-refractivity contribution in [3.05, 3.63) is 21.4 Å². The van der Waals surface area contributed by atoms with Crippen molar-refractivity contribution < 1.29 is 21.6 Å². The molecule has 4 nitrogen and oxygen atoms in total. The van der Waals surface area contributed by atoms with Crippen molar-refractivity contribution in [2.75, 3.05) is 0 Å². The molecular weight excluding hydrogens is 348 g/mol. The SMILES string of the molecule is NS(=O)(=O)c1nccc(C(F)(F)F)c1I. The highest BCUT2D eigenvalue weighted by Gasteiger charge is 2.35. The molecule has 1 aromatic rings. The number of aromatic nitrogens is 1. The lowest BCUT2D eigenvalue weighted by Crippen LogP contribution is -2.18. The highest BCUT2D eigenvalue weighted by Crippen LogP contribution is 2.34. The molecule has 0 aliphatic heterocycles. The van der Waals surface area contributed by atoms with Crippen LogP contribution in [0.25, 0.3) is 0 Å². The quantitative estimate of drug-likeness (QED) is 0.776. The first-order chi connectivity index (χ1) is 6.64. The summed E-state index contributed by atoms with van der Waals surface area (Å²) >= 11 is 1.25. The van der Waals surface area contributed by atoms with Crippen molar-refractivity contribution in [2.45, 2.75) is 11.2 Å². The van der Waals surface area contributed by atoms with Crippen LogP contribution in [-0.2, 0) is 16.2 Å². The molecule has 0 amide bonds. The third kappa shape index (κ3) is 2.78. The normalized spacial score (nSPS) is 12.9. The van der Waals surface area contributed by atoms with Crippen LogP contribution in [0.1, 0.15) is 5.56 Å². The predicted molar refractivity (Wildman–Crippen MR) is 53.3 cm³/mol. The molecule has 2 N–H and O–H groups in total. The largest absolute Gasteiger partial charge is 0.417 e. The van der Waals surface area contributed by atoms with E-state index in [1.54, 1.807) is 0 Å². The molecule has 0 atom stereocenters. The summed E-state index contributed by atoms with van der Waals surface area (Å²) in [5.41, 5.74) is -1.07. The van der Waals surface area contributed by atoms with Gasteiger partial charge in [0.1, 0.15) is 0 Å². The molecule has 84 valence electrons. The Balaban J connectivity index is 3.51. The molecule has 1 rings (SSSR count). The summed E-state index contributed by atoms with van der Waals surface area (Å²) in [6, 6.07) is 0.691. The summed E-state index contributed by atoms with van der Waals surface area (Å²) in [5.74, 6) is 0. The summed E-state index contributed by atoms with van der Waals surface area (Å²) in [7, 11) is -4.23. The molecule has 0 saturated heterocycles. The van der Waals surface area contributed by atoms with E-state index in [4.69, 9.17) is 5.14 Å². The van der Waals surface area contributed by atoms with Gasteiger partial charge in [-0.05, 0) is 28.7 Å². The van der Waals surface area contributed by atoms with Crippen molar-refractivity contribution in [1.82, 2.24) is 4.98 Å². The van der Waals surface area contributed by atoms with Crippen molar-refractivity contribution >= 4 is 32.6 Å². The summed E-state index contributed by atoms with van der Waals surface area (Å²) in [6.07, 6.45) is -3.87. The summed E-state index contributed by atoms with van der Waals surface area (Å²) in [4.78, 5) is 3.30. The second kappa shape index (κ2) is 3.87. The third-order valence-corrected chi connectivity index (χ3v) is 3.74. The zero-order valence-corrected chi connectivity index (χ0v) is 9.89. The number of nitrogens with two attached hydrogens (primary N) is 1. The van der Waals surface area contributed by atoms with Crippen LogP contribution < -0.4 is 5.14 Å². The molecule has 0 aliphatic carbocycles. The minimum absolute atomic E-state index is 0.523. The van der Waals surface area contributed by atoms with Gasteiger partial charge in [0.05, 0.1) is 9.13 Å². The van der Waals surface area contributed by atoms with Gasteiger partial charge in [-0.1, -0.05) is 0 Å². The van der Waals surface area contributed by atoms with E-state index in [9.17, 15) is 21.6 Å². The van der Waals surface area contributed by atoms with Crippen LogP contribution in [0.5, 0.6) is 0 Å². The maximum Gasteiger partial charge on any atom is 0.417 e. The van der Waals surface area contributed by atoms with E-state index in [0.717, 1.165) is 6.20 Å². The van der Waals surface area contributed by atoms with E-state index >= 15 is 0 Å². The van der Waals surface area contributed by atoms with E-state index < -0.39 is 30.4 Å². The van der Waals surface area contributed by atoms with Crippen molar-refractivity contribution in [3.63, 3.8) is 0 Å². The molecule has 0 spiro atoms. The minimum atomic E-state index is -4.63. The van der Waals surface area contributed by atoms with Crippen LogP contribution in [-0.4, -0.2) is 13.4 Å². The van der Waals surface area contributed by atoms with Crippen molar-refractivity contribution in [3.8, 4) is 0 Å². The van der Waals surface area contributed by atoms with Gasteiger partial charge in [0, 0.05) is 6.20 Å². The van der Waals surface area contributed by atoms with Gasteiger partial charge >= 0.3 is 6.18 Å². The third-order valence-electron chi connectivity index (χ3n) is 1.43. The second-order valence-corrected chi connectivity index (χ2v) is 5.08. The summed E-state index contributed by atoms with van der Waals surface area (Å²) in [5, 5.41) is 3.94. The van der Waals surface area contributed by atoms with Gasteiger partial charge in [0.25, 0.3) is 10.0 Å². The first-order valence-corrected chi connectivity index (χ1v) is 6.01. The van der Waals surface area contributed by atoms with Gasteiger partial charge in [-0.3, -0.25) is 0 Å². The molecule has 0 aromatic carbocycles. The lowest BCUT2D eigenvalue weighted by atomic mass is 10.3. The molecular formula is C6H4F3IN2O2S. The molecule has 0 bridgehead atoms. The Morgan fingerprint density at radius 1 is 1.40 bits per heavy atom. The first-order valence-electron chi connectivity index (χ1n) is 3.38. The molecule has 15 heavy (non-hydrogen) atoms. The van der Waals surface area contributed by atoms with Crippen LogP contribution in [0.15, 0.2) is 17.3 Å². The summed E-state index contributed by atoms with van der Waals surface area (Å²) in [6.45, 7) is 0. The highest BCUT2D eigenvalue weighted by molar-refractivity contribution is 14.1. The maximum atomic E-state index is 12.3. The van der Waals surface area contributed by atoms with Crippen molar-refractivity contribution in [2.24, 2.45) is 5.14 Å². The van der Waals surface area contributed by atoms with Crippen LogP contribution in [0.2, 0.25) is 0 Å². The van der Waals surface area contributed by atoms with E-state index in [0.29, 0.717) is 6.07 Å². The number of primary sulfonamides is 1. The lowest BCUT2D eigenvalue weighted by Gasteiger charge is -2.10. The van der Waals surface area contributed by atoms with E-state index in [1.165, 1.54) is 22.6 Å². The molecule has 0 saturated carbocycles. The fraction of sp³-hybridized carbons (Fsp3) is 0.167. The second-order valence-electron chi connectivity index (χ2n) is 2.52. The number of halogens is 4. The fourth-order valence-electron chi connectivity index (χ4n) is 0.842. The van der Waals surface area contributed by atoms with E-state index in [-0.39, 0.29) is 0 Å². The lowest BCUT2D eigenvalue weighted by molar-refractivity contribution is -0.138. The molecule has 0 fully saturated rings. The minimum Gasteiger partial charge on any atom is -0.242 e. The van der Waals surface area contributed by atoms with Gasteiger partial charge in [0.2, 0.25) is 0 Å². The standard InChI is InChI=1S/C6H4F3IN2O2S/c7-6(8,9)3-1-2-12-5(4(3)10)15(11,13)14/h1-2H,(H2,11,13,14). The van der Waals surface area contributed by atoms with Gasteiger partial charge < -0.3 is 0 Å². The zero-order chi connectivity index (χ0) is 11.9. The number of alkyl halides is 3. The van der Waals surface area contributed by atoms with Gasteiger partial charge in [-0.15, -0.1) is 0 Å². The summed E-state index contributed by atoms with van der Waals surface area (Å²) < 4.78 is 58.3. The average molecular weight is 352 g/mol. The van der Waals surface area contributed by atoms with E-state index in [1.807, 2.05) is 0 Å². The number of nitrogens with zero attached hydrogens (tertiary/aromatic N) is 1. The number of sulfonamides is 1. The molecule has 9 heteroatoms. The topological polar surface area (TPSA) is 73.1 Å². The average Bonchev–Trinajstić information content (AvgIpc) is 1.99. The number of hydrogen-bond donors (Lipinski definition) is 1. The number of rotatable bonds is 1. The Bertz CT molecular complexity index is 486. The van der Waals surface area contributed by atoms with Crippen LogP contribution in [0.4, 0.5) is 13.2 Å². The molecule has 0 aliphatic rings. The molecule has 1 heterocycles. The number of pyridine rings is 1. The van der Waals surface area contributed by atoms with Crippen LogP contribution >= 0.6 is 22.6 Å². The van der Waals surface area contributed by atoms with Crippen molar-refractivity contribution in [1.29, 1.82) is 0 Å². The van der Waals surface area contributed by atoms with Gasteiger partial charge in [0.15, 0.2) is 5.03 Å².